The fourth-order valence-electron chi connectivity index (χ4n) is 1.46. The number of anilines is 1. The third-order valence-electron chi connectivity index (χ3n) is 2.45. The number of carboxylic acid groups (broad SMARTS) is 1. The van der Waals surface area contributed by atoms with Crippen LogP contribution in [-0.2, 0) is 4.79 Å². The van der Waals surface area contributed by atoms with Crippen molar-refractivity contribution < 1.29 is 24.9 Å². The van der Waals surface area contributed by atoms with E-state index in [1.807, 2.05) is 0 Å². The van der Waals surface area contributed by atoms with Crippen LogP contribution in [0.2, 0.25) is 0 Å². The SMILES string of the molecule is C[C@H](O)[C@H](Nc1ccc([N+](=O)[O-])cc1[N+](=O)[O-])C(=O)O. The van der Waals surface area contributed by atoms with Gasteiger partial charge in [0.2, 0.25) is 0 Å². The number of aliphatic carboxylic acids is 1. The Morgan fingerprint density at radius 2 is 1.90 bits per heavy atom. The number of rotatable bonds is 6. The number of aliphatic hydroxyl groups excluding tert-OH is 1. The number of aliphatic hydroxyl groups is 1. The number of hydrogen-bond acceptors (Lipinski definition) is 7. The summed E-state index contributed by atoms with van der Waals surface area (Å²) >= 11 is 0. The summed E-state index contributed by atoms with van der Waals surface area (Å²) in [5, 5.41) is 41.9. The van der Waals surface area contributed by atoms with Gasteiger partial charge < -0.3 is 15.5 Å². The van der Waals surface area contributed by atoms with E-state index in [0.29, 0.717) is 6.07 Å². The van der Waals surface area contributed by atoms with Crippen molar-refractivity contribution in [1.29, 1.82) is 0 Å². The average molecular weight is 285 g/mol. The number of nitro groups is 2. The standard InChI is InChI=1S/C10H11N3O7/c1-5(14)9(10(15)16)11-7-3-2-6(12(17)18)4-8(7)13(19)20/h2-5,9,11,14H,1H3,(H,15,16)/t5-,9-/m0/s1. The summed E-state index contributed by atoms with van der Waals surface area (Å²) in [7, 11) is 0. The Kier molecular flexibility index (Phi) is 4.54. The molecule has 0 aromatic heterocycles. The van der Waals surface area contributed by atoms with Gasteiger partial charge in [-0.2, -0.15) is 0 Å². The van der Waals surface area contributed by atoms with Gasteiger partial charge in [-0.25, -0.2) is 4.79 Å². The van der Waals surface area contributed by atoms with Crippen molar-refractivity contribution in [3.8, 4) is 0 Å². The molecule has 10 nitrogen and oxygen atoms in total. The highest BCUT2D eigenvalue weighted by molar-refractivity contribution is 5.80. The summed E-state index contributed by atoms with van der Waals surface area (Å²) in [6, 6.07) is 1.25. The maximum atomic E-state index is 10.9. The number of benzene rings is 1. The van der Waals surface area contributed by atoms with E-state index in [0.717, 1.165) is 12.1 Å². The first-order valence-corrected chi connectivity index (χ1v) is 5.34. The molecule has 0 aliphatic heterocycles. The molecule has 0 saturated carbocycles. The van der Waals surface area contributed by atoms with Crippen LogP contribution in [0.1, 0.15) is 6.92 Å². The molecule has 0 amide bonds. The third kappa shape index (κ3) is 3.38. The molecule has 0 saturated heterocycles. The van der Waals surface area contributed by atoms with E-state index in [-0.39, 0.29) is 5.69 Å². The molecule has 0 aliphatic carbocycles. The van der Waals surface area contributed by atoms with Crippen molar-refractivity contribution in [3.63, 3.8) is 0 Å². The summed E-state index contributed by atoms with van der Waals surface area (Å²) in [5.74, 6) is -1.41. The molecular formula is C10H11N3O7. The largest absolute Gasteiger partial charge is 0.480 e. The van der Waals surface area contributed by atoms with Crippen molar-refractivity contribution in [2.45, 2.75) is 19.1 Å². The van der Waals surface area contributed by atoms with E-state index in [9.17, 15) is 30.1 Å². The van der Waals surface area contributed by atoms with Gasteiger partial charge >= 0.3 is 5.97 Å². The minimum absolute atomic E-state index is 0.228. The Hall–Kier alpha value is -2.75. The Bertz CT molecular complexity index is 558. The molecule has 1 rings (SSSR count). The van der Waals surface area contributed by atoms with Gasteiger partial charge in [0.25, 0.3) is 11.4 Å². The second-order valence-corrected chi connectivity index (χ2v) is 3.92. The highest BCUT2D eigenvalue weighted by Crippen LogP contribution is 2.29. The van der Waals surface area contributed by atoms with Crippen molar-refractivity contribution in [1.82, 2.24) is 0 Å². The number of hydrogen-bond donors (Lipinski definition) is 3. The van der Waals surface area contributed by atoms with E-state index in [1.165, 1.54) is 6.92 Å². The lowest BCUT2D eigenvalue weighted by Crippen LogP contribution is -2.39. The van der Waals surface area contributed by atoms with E-state index < -0.39 is 39.3 Å². The Morgan fingerprint density at radius 1 is 1.30 bits per heavy atom. The van der Waals surface area contributed by atoms with E-state index in [2.05, 4.69) is 5.32 Å². The maximum Gasteiger partial charge on any atom is 0.328 e. The van der Waals surface area contributed by atoms with Crippen molar-refractivity contribution in [2.75, 3.05) is 5.32 Å². The lowest BCUT2D eigenvalue weighted by molar-refractivity contribution is -0.393. The second-order valence-electron chi connectivity index (χ2n) is 3.92. The predicted octanol–water partition coefficient (Wildman–Crippen LogP) is 0.749. The molecule has 3 N–H and O–H groups in total. The molecule has 0 bridgehead atoms. The molecule has 1 aromatic rings. The topological polar surface area (TPSA) is 156 Å². The summed E-state index contributed by atoms with van der Waals surface area (Å²) in [5.41, 5.74) is -1.37. The van der Waals surface area contributed by atoms with Crippen LogP contribution in [0.25, 0.3) is 0 Å². The number of carbonyl (C=O) groups is 1. The molecule has 0 aliphatic rings. The Balaban J connectivity index is 3.20. The number of nitrogens with zero attached hydrogens (tertiary/aromatic N) is 2. The van der Waals surface area contributed by atoms with E-state index in [1.54, 1.807) is 0 Å². The predicted molar refractivity (Wildman–Crippen MR) is 66.5 cm³/mol. The maximum absolute atomic E-state index is 10.9. The van der Waals surface area contributed by atoms with Gasteiger partial charge in [0.05, 0.1) is 22.0 Å². The second kappa shape index (κ2) is 5.93. The van der Waals surface area contributed by atoms with Crippen molar-refractivity contribution in [3.05, 3.63) is 38.4 Å². The van der Waals surface area contributed by atoms with Gasteiger partial charge in [0.1, 0.15) is 5.69 Å². The van der Waals surface area contributed by atoms with Gasteiger partial charge in [-0.15, -0.1) is 0 Å². The normalized spacial score (nSPS) is 13.3. The van der Waals surface area contributed by atoms with E-state index >= 15 is 0 Å². The number of carboxylic acids is 1. The molecule has 108 valence electrons. The quantitative estimate of drug-likeness (QED) is 0.510. The number of nitro benzene ring substituents is 2. The number of non-ortho nitro benzene ring substituents is 1. The monoisotopic (exact) mass is 285 g/mol. The van der Waals surface area contributed by atoms with E-state index in [4.69, 9.17) is 5.11 Å². The molecule has 0 heterocycles. The zero-order valence-corrected chi connectivity index (χ0v) is 10.2. The molecule has 0 spiro atoms. The van der Waals surface area contributed by atoms with Gasteiger partial charge in [0, 0.05) is 6.07 Å². The summed E-state index contributed by atoms with van der Waals surface area (Å²) < 4.78 is 0. The highest BCUT2D eigenvalue weighted by atomic mass is 16.6. The summed E-state index contributed by atoms with van der Waals surface area (Å²) in [6.07, 6.45) is -1.32. The smallest absolute Gasteiger partial charge is 0.328 e. The van der Waals surface area contributed by atoms with Crippen LogP contribution in [0, 0.1) is 20.2 Å². The van der Waals surface area contributed by atoms with Gasteiger partial charge in [-0.05, 0) is 13.0 Å². The summed E-state index contributed by atoms with van der Waals surface area (Å²) in [4.78, 5) is 30.6. The van der Waals surface area contributed by atoms with Crippen LogP contribution < -0.4 is 5.32 Å². The van der Waals surface area contributed by atoms with Gasteiger partial charge in [-0.3, -0.25) is 20.2 Å². The molecule has 0 fully saturated rings. The average Bonchev–Trinajstić information content (AvgIpc) is 2.34. The Morgan fingerprint density at radius 3 is 2.30 bits per heavy atom. The summed E-state index contributed by atoms with van der Waals surface area (Å²) in [6.45, 7) is 1.20. The van der Waals surface area contributed by atoms with Crippen LogP contribution >= 0.6 is 0 Å². The highest BCUT2D eigenvalue weighted by Gasteiger charge is 2.27. The molecule has 0 unspecified atom stereocenters. The molecule has 1 aromatic carbocycles. The molecular weight excluding hydrogens is 274 g/mol. The first kappa shape index (κ1) is 15.3. The molecule has 0 radical (unpaired) electrons. The molecule has 10 heteroatoms. The lowest BCUT2D eigenvalue weighted by Gasteiger charge is -2.17. The zero-order valence-electron chi connectivity index (χ0n) is 10.2. The van der Waals surface area contributed by atoms with Crippen LogP contribution in [0.3, 0.4) is 0 Å². The van der Waals surface area contributed by atoms with Crippen LogP contribution in [0.15, 0.2) is 18.2 Å². The fourth-order valence-corrected chi connectivity index (χ4v) is 1.46. The minimum Gasteiger partial charge on any atom is -0.480 e. The molecule has 2 atom stereocenters. The van der Waals surface area contributed by atoms with Gasteiger partial charge in [-0.1, -0.05) is 0 Å². The minimum atomic E-state index is -1.48. The van der Waals surface area contributed by atoms with Crippen molar-refractivity contribution >= 4 is 23.0 Å². The Labute approximate surface area is 111 Å². The van der Waals surface area contributed by atoms with Crippen molar-refractivity contribution in [2.24, 2.45) is 0 Å². The fraction of sp³-hybridized carbons (Fsp3) is 0.300. The lowest BCUT2D eigenvalue weighted by atomic mass is 10.1. The van der Waals surface area contributed by atoms with Crippen LogP contribution in [-0.4, -0.2) is 38.2 Å². The first-order valence-electron chi connectivity index (χ1n) is 5.34. The zero-order chi connectivity index (χ0) is 15.4. The first-order chi connectivity index (χ1) is 9.23. The van der Waals surface area contributed by atoms with Gasteiger partial charge in [0.15, 0.2) is 6.04 Å². The number of nitrogens with one attached hydrogen (secondary N) is 1. The third-order valence-corrected chi connectivity index (χ3v) is 2.45. The van der Waals surface area contributed by atoms with Crippen LogP contribution in [0.4, 0.5) is 17.1 Å². The van der Waals surface area contributed by atoms with Crippen LogP contribution in [0.5, 0.6) is 0 Å². The molecule has 20 heavy (non-hydrogen) atoms.